The third-order valence-electron chi connectivity index (χ3n) is 4.24. The maximum atomic E-state index is 12.1. The number of carbonyl (C=O) groups is 2. The minimum Gasteiger partial charge on any atom is -0.483 e. The lowest BCUT2D eigenvalue weighted by Gasteiger charge is -2.26. The van der Waals surface area contributed by atoms with Crippen molar-refractivity contribution in [2.24, 2.45) is 0 Å². The molecule has 2 aromatic carbocycles. The van der Waals surface area contributed by atoms with Crippen molar-refractivity contribution < 1.29 is 19.1 Å². The van der Waals surface area contributed by atoms with Gasteiger partial charge in [-0.15, -0.1) is 0 Å². The van der Waals surface area contributed by atoms with E-state index in [4.69, 9.17) is 9.47 Å². The predicted octanol–water partition coefficient (Wildman–Crippen LogP) is 2.68. The first-order valence-electron chi connectivity index (χ1n) is 7.98. The second kappa shape index (κ2) is 6.84. The summed E-state index contributed by atoms with van der Waals surface area (Å²) < 4.78 is 11.0. The monoisotopic (exact) mass is 340 g/mol. The highest BCUT2D eigenvalue weighted by Crippen LogP contribution is 2.33. The molecule has 0 spiro atoms. The number of fused-ring (bicyclic) bond motifs is 1. The van der Waals surface area contributed by atoms with Crippen LogP contribution in [0.5, 0.6) is 11.5 Å². The van der Waals surface area contributed by atoms with Crippen LogP contribution in [0.4, 0.5) is 11.4 Å². The van der Waals surface area contributed by atoms with Gasteiger partial charge >= 0.3 is 0 Å². The van der Waals surface area contributed by atoms with Crippen LogP contribution >= 0.6 is 0 Å². The number of likely N-dealkylation sites (N-methyl/N-ethyl adjacent to an activating group) is 1. The Hall–Kier alpha value is -3.02. The molecule has 0 fully saturated rings. The largest absolute Gasteiger partial charge is 0.483 e. The van der Waals surface area contributed by atoms with Gasteiger partial charge in [0.25, 0.3) is 11.8 Å². The summed E-state index contributed by atoms with van der Waals surface area (Å²) in [5.41, 5.74) is 3.34. The van der Waals surface area contributed by atoms with Gasteiger partial charge in [-0.3, -0.25) is 9.59 Å². The number of anilines is 2. The summed E-state index contributed by atoms with van der Waals surface area (Å²) in [5, 5.41) is 2.77. The Morgan fingerprint density at radius 2 is 2.08 bits per heavy atom. The second-order valence-electron chi connectivity index (χ2n) is 5.96. The molecule has 1 heterocycles. The van der Waals surface area contributed by atoms with Crippen molar-refractivity contribution in [1.82, 2.24) is 0 Å². The average molecular weight is 340 g/mol. The number of nitrogens with zero attached hydrogens (tertiary/aromatic N) is 1. The molecule has 2 amide bonds. The molecule has 0 unspecified atom stereocenters. The van der Waals surface area contributed by atoms with Crippen molar-refractivity contribution in [2.75, 3.05) is 30.5 Å². The van der Waals surface area contributed by atoms with Crippen molar-refractivity contribution in [3.05, 3.63) is 47.5 Å². The Morgan fingerprint density at radius 1 is 1.28 bits per heavy atom. The van der Waals surface area contributed by atoms with E-state index in [1.165, 1.54) is 4.90 Å². The smallest absolute Gasteiger partial charge is 0.264 e. The molecule has 6 nitrogen and oxygen atoms in total. The van der Waals surface area contributed by atoms with E-state index in [0.29, 0.717) is 22.9 Å². The number of amides is 2. The molecule has 25 heavy (non-hydrogen) atoms. The number of benzene rings is 2. The van der Waals surface area contributed by atoms with Gasteiger partial charge in [0.2, 0.25) is 0 Å². The van der Waals surface area contributed by atoms with Crippen LogP contribution in [0, 0.1) is 13.8 Å². The molecule has 0 atom stereocenters. The Kier molecular flexibility index (Phi) is 4.61. The lowest BCUT2D eigenvalue weighted by molar-refractivity contribution is -0.121. The fourth-order valence-electron chi connectivity index (χ4n) is 2.57. The third kappa shape index (κ3) is 3.57. The molecule has 2 aromatic rings. The Balaban J connectivity index is 1.65. The first-order valence-corrected chi connectivity index (χ1v) is 7.98. The van der Waals surface area contributed by atoms with Crippen LogP contribution in [0.1, 0.15) is 11.1 Å². The summed E-state index contributed by atoms with van der Waals surface area (Å²) in [6.07, 6.45) is 0. The van der Waals surface area contributed by atoms with Gasteiger partial charge in [0.15, 0.2) is 13.2 Å². The standard InChI is InChI=1S/C19H20N2O4/c1-12-5-4-6-16(13(12)2)24-10-18(22)20-14-7-8-17-15(9-14)21(3)19(23)11-25-17/h4-9H,10-11H2,1-3H3,(H,20,22). The highest BCUT2D eigenvalue weighted by atomic mass is 16.5. The van der Waals surface area contributed by atoms with E-state index in [1.54, 1.807) is 25.2 Å². The molecule has 6 heteroatoms. The zero-order chi connectivity index (χ0) is 18.0. The fraction of sp³-hybridized carbons (Fsp3) is 0.263. The molecule has 0 bridgehead atoms. The quantitative estimate of drug-likeness (QED) is 0.929. The molecule has 1 aliphatic heterocycles. The number of hydrogen-bond donors (Lipinski definition) is 1. The molecule has 130 valence electrons. The number of nitrogens with one attached hydrogen (secondary N) is 1. The Bertz CT molecular complexity index is 832. The number of hydrogen-bond acceptors (Lipinski definition) is 4. The second-order valence-corrected chi connectivity index (χ2v) is 5.96. The van der Waals surface area contributed by atoms with Crippen molar-refractivity contribution in [3.63, 3.8) is 0 Å². The van der Waals surface area contributed by atoms with Crippen LogP contribution in [0.3, 0.4) is 0 Å². The average Bonchev–Trinajstić information content (AvgIpc) is 2.60. The van der Waals surface area contributed by atoms with Gasteiger partial charge in [-0.05, 0) is 49.2 Å². The van der Waals surface area contributed by atoms with Gasteiger partial charge in [0.05, 0.1) is 5.69 Å². The minimum absolute atomic E-state index is 0.0267. The minimum atomic E-state index is -0.272. The van der Waals surface area contributed by atoms with Crippen LogP contribution < -0.4 is 19.7 Å². The van der Waals surface area contributed by atoms with E-state index in [2.05, 4.69) is 5.32 Å². The predicted molar refractivity (Wildman–Crippen MR) is 95.4 cm³/mol. The van der Waals surface area contributed by atoms with Crippen molar-refractivity contribution in [2.45, 2.75) is 13.8 Å². The lowest BCUT2D eigenvalue weighted by atomic mass is 10.1. The van der Waals surface area contributed by atoms with Crippen LogP contribution in [0.2, 0.25) is 0 Å². The van der Waals surface area contributed by atoms with E-state index in [-0.39, 0.29) is 25.0 Å². The number of carbonyl (C=O) groups excluding carboxylic acids is 2. The zero-order valence-electron chi connectivity index (χ0n) is 14.5. The molecule has 1 aliphatic rings. The molecule has 3 rings (SSSR count). The lowest BCUT2D eigenvalue weighted by Crippen LogP contribution is -2.35. The highest BCUT2D eigenvalue weighted by Gasteiger charge is 2.22. The Labute approximate surface area is 146 Å². The molecule has 0 radical (unpaired) electrons. The maximum Gasteiger partial charge on any atom is 0.264 e. The summed E-state index contributed by atoms with van der Waals surface area (Å²) in [6, 6.07) is 10.9. The number of aryl methyl sites for hydroxylation is 1. The maximum absolute atomic E-state index is 12.1. The van der Waals surface area contributed by atoms with Gasteiger partial charge in [0.1, 0.15) is 11.5 Å². The number of ether oxygens (including phenoxy) is 2. The Morgan fingerprint density at radius 3 is 2.88 bits per heavy atom. The topological polar surface area (TPSA) is 67.9 Å². The molecule has 1 N–H and O–H groups in total. The SMILES string of the molecule is Cc1cccc(OCC(=O)Nc2ccc3c(c2)N(C)C(=O)CO3)c1C. The molecule has 0 saturated carbocycles. The molecule has 0 aliphatic carbocycles. The molecule has 0 saturated heterocycles. The van der Waals surface area contributed by atoms with Gasteiger partial charge < -0.3 is 19.7 Å². The van der Waals surface area contributed by atoms with Crippen LogP contribution in [-0.2, 0) is 9.59 Å². The van der Waals surface area contributed by atoms with Crippen LogP contribution in [0.25, 0.3) is 0 Å². The van der Waals surface area contributed by atoms with E-state index >= 15 is 0 Å². The zero-order valence-corrected chi connectivity index (χ0v) is 14.5. The van der Waals surface area contributed by atoms with E-state index < -0.39 is 0 Å². The van der Waals surface area contributed by atoms with E-state index in [1.807, 2.05) is 32.0 Å². The molecular formula is C19H20N2O4. The van der Waals surface area contributed by atoms with Crippen molar-refractivity contribution >= 4 is 23.2 Å². The summed E-state index contributed by atoms with van der Waals surface area (Å²) in [4.78, 5) is 25.4. The van der Waals surface area contributed by atoms with E-state index in [9.17, 15) is 9.59 Å². The van der Waals surface area contributed by atoms with Gasteiger partial charge in [-0.1, -0.05) is 12.1 Å². The fourth-order valence-corrected chi connectivity index (χ4v) is 2.57. The van der Waals surface area contributed by atoms with E-state index in [0.717, 1.165) is 11.1 Å². The van der Waals surface area contributed by atoms with Crippen molar-refractivity contribution in [3.8, 4) is 11.5 Å². The summed E-state index contributed by atoms with van der Waals surface area (Å²) >= 11 is 0. The van der Waals surface area contributed by atoms with Gasteiger partial charge in [0, 0.05) is 12.7 Å². The number of rotatable bonds is 4. The summed E-state index contributed by atoms with van der Waals surface area (Å²) in [5.74, 6) is 0.909. The molecular weight excluding hydrogens is 320 g/mol. The van der Waals surface area contributed by atoms with Gasteiger partial charge in [-0.25, -0.2) is 0 Å². The third-order valence-corrected chi connectivity index (χ3v) is 4.24. The van der Waals surface area contributed by atoms with Crippen LogP contribution in [-0.4, -0.2) is 32.1 Å². The normalized spacial score (nSPS) is 13.1. The molecule has 0 aromatic heterocycles. The van der Waals surface area contributed by atoms with Gasteiger partial charge in [-0.2, -0.15) is 0 Å². The van der Waals surface area contributed by atoms with Crippen LogP contribution in [0.15, 0.2) is 36.4 Å². The van der Waals surface area contributed by atoms with Crippen molar-refractivity contribution in [1.29, 1.82) is 0 Å². The summed E-state index contributed by atoms with van der Waals surface area (Å²) in [7, 11) is 1.68. The summed E-state index contributed by atoms with van der Waals surface area (Å²) in [6.45, 7) is 3.89. The first kappa shape index (κ1) is 16.8. The highest BCUT2D eigenvalue weighted by molar-refractivity contribution is 5.99. The first-order chi connectivity index (χ1) is 12.0.